The zero-order chi connectivity index (χ0) is 15.5. The number of nitrogens with two attached hydrogens (primary N) is 1. The largest absolute Gasteiger partial charge is 0.497 e. The molecule has 0 atom stereocenters. The van der Waals surface area contributed by atoms with Crippen LogP contribution < -0.4 is 15.8 Å². The molecule has 0 aromatic heterocycles. The van der Waals surface area contributed by atoms with E-state index in [0.29, 0.717) is 32.8 Å². The molecule has 0 radical (unpaired) electrons. The maximum Gasteiger partial charge on any atom is 0.238 e. The number of carbonyl (C=O) groups excluding carboxylic acids is 1. The number of halogens is 1. The van der Waals surface area contributed by atoms with E-state index in [1.165, 1.54) is 0 Å². The fourth-order valence-corrected chi connectivity index (χ4v) is 1.83. The Kier molecular flexibility index (Phi) is 11.5. The van der Waals surface area contributed by atoms with Crippen molar-refractivity contribution in [3.05, 3.63) is 24.3 Å². The number of benzene rings is 1. The molecule has 0 saturated heterocycles. The molecule has 0 spiro atoms. The molecule has 0 aliphatic carbocycles. The van der Waals surface area contributed by atoms with Crippen molar-refractivity contribution in [2.75, 3.05) is 51.8 Å². The van der Waals surface area contributed by atoms with E-state index in [1.807, 2.05) is 30.0 Å². The molecule has 3 N–H and O–H groups in total. The maximum atomic E-state index is 12.0. The van der Waals surface area contributed by atoms with Gasteiger partial charge in [-0.05, 0) is 18.7 Å². The molecule has 6 nitrogen and oxygen atoms in total. The number of nitrogens with zero attached hydrogens (tertiary/aromatic N) is 1. The van der Waals surface area contributed by atoms with E-state index in [2.05, 4.69) is 5.32 Å². The summed E-state index contributed by atoms with van der Waals surface area (Å²) in [6.45, 7) is 5.49. The highest BCUT2D eigenvalue weighted by Crippen LogP contribution is 2.16. The third-order valence-electron chi connectivity index (χ3n) is 2.98. The zero-order valence-corrected chi connectivity index (χ0v) is 14.0. The van der Waals surface area contributed by atoms with Crippen LogP contribution in [0.3, 0.4) is 0 Å². The Morgan fingerprint density at radius 2 is 2.14 bits per heavy atom. The second-order valence-corrected chi connectivity index (χ2v) is 4.55. The molecule has 1 rings (SSSR count). The van der Waals surface area contributed by atoms with Crippen molar-refractivity contribution >= 4 is 24.0 Å². The van der Waals surface area contributed by atoms with Crippen LogP contribution in [0.4, 0.5) is 5.69 Å². The quantitative estimate of drug-likeness (QED) is 0.633. The average molecular weight is 332 g/mol. The number of ether oxygens (including phenoxy) is 2. The highest BCUT2D eigenvalue weighted by atomic mass is 35.5. The number of likely N-dealkylation sites (N-methyl/N-ethyl adjacent to an activating group) is 1. The van der Waals surface area contributed by atoms with E-state index < -0.39 is 0 Å². The van der Waals surface area contributed by atoms with Gasteiger partial charge >= 0.3 is 0 Å². The van der Waals surface area contributed by atoms with Crippen LogP contribution in [0.25, 0.3) is 0 Å². The lowest BCUT2D eigenvalue weighted by molar-refractivity contribution is -0.117. The van der Waals surface area contributed by atoms with Crippen LogP contribution in [0.1, 0.15) is 6.92 Å². The van der Waals surface area contributed by atoms with Crippen LogP contribution in [0.15, 0.2) is 24.3 Å². The minimum Gasteiger partial charge on any atom is -0.497 e. The topological polar surface area (TPSA) is 76.8 Å². The lowest BCUT2D eigenvalue weighted by atomic mass is 10.3. The number of nitrogens with one attached hydrogen (secondary N) is 1. The highest BCUT2D eigenvalue weighted by Gasteiger charge is 2.09. The Morgan fingerprint density at radius 1 is 1.36 bits per heavy atom. The predicted molar refractivity (Wildman–Crippen MR) is 90.9 cm³/mol. The molecule has 126 valence electrons. The molecule has 0 fully saturated rings. The second-order valence-electron chi connectivity index (χ2n) is 4.55. The summed E-state index contributed by atoms with van der Waals surface area (Å²) in [6.07, 6.45) is 0. The monoisotopic (exact) mass is 331 g/mol. The molecular weight excluding hydrogens is 306 g/mol. The van der Waals surface area contributed by atoms with Crippen molar-refractivity contribution in [1.82, 2.24) is 4.90 Å². The van der Waals surface area contributed by atoms with Gasteiger partial charge < -0.3 is 20.5 Å². The summed E-state index contributed by atoms with van der Waals surface area (Å²) in [6, 6.07) is 7.30. The molecule has 22 heavy (non-hydrogen) atoms. The van der Waals surface area contributed by atoms with E-state index in [0.717, 1.165) is 18.0 Å². The minimum atomic E-state index is -0.0519. The van der Waals surface area contributed by atoms with Crippen molar-refractivity contribution in [3.8, 4) is 5.75 Å². The van der Waals surface area contributed by atoms with Crippen molar-refractivity contribution < 1.29 is 14.3 Å². The predicted octanol–water partition coefficient (Wildman–Crippen LogP) is 1.35. The fraction of sp³-hybridized carbons (Fsp3) is 0.533. The molecule has 1 aromatic rings. The summed E-state index contributed by atoms with van der Waals surface area (Å²) < 4.78 is 10.5. The van der Waals surface area contributed by atoms with E-state index in [9.17, 15) is 4.79 Å². The van der Waals surface area contributed by atoms with Crippen molar-refractivity contribution in [2.45, 2.75) is 6.92 Å². The van der Waals surface area contributed by atoms with E-state index in [1.54, 1.807) is 13.2 Å². The number of hydrogen-bond acceptors (Lipinski definition) is 5. The zero-order valence-electron chi connectivity index (χ0n) is 13.2. The molecule has 1 aromatic carbocycles. The van der Waals surface area contributed by atoms with E-state index >= 15 is 0 Å². The second kappa shape index (κ2) is 12.2. The molecule has 7 heteroatoms. The average Bonchev–Trinajstić information content (AvgIpc) is 2.50. The maximum absolute atomic E-state index is 12.0. The standard InChI is InChI=1S/C15H25N3O3.ClH/c1-3-18(8-10-21-9-7-16)12-15(19)17-13-5-4-6-14(11-13)20-2;/h4-6,11H,3,7-10,12,16H2,1-2H3,(H,17,19);1H. The third kappa shape index (κ3) is 8.19. The normalized spacial score (nSPS) is 10.2. The van der Waals surface area contributed by atoms with Crippen LogP contribution in [0, 0.1) is 0 Å². The molecule has 0 heterocycles. The van der Waals surface area contributed by atoms with Crippen LogP contribution >= 0.6 is 12.4 Å². The summed E-state index contributed by atoms with van der Waals surface area (Å²) in [7, 11) is 1.60. The SMILES string of the molecule is CCN(CCOCCN)CC(=O)Nc1cccc(OC)c1.Cl. The van der Waals surface area contributed by atoms with Gasteiger partial charge in [0, 0.05) is 24.8 Å². The summed E-state index contributed by atoms with van der Waals surface area (Å²) in [5.41, 5.74) is 6.09. The molecule has 0 unspecified atom stereocenters. The Balaban J connectivity index is 0.00000441. The highest BCUT2D eigenvalue weighted by molar-refractivity contribution is 5.92. The minimum absolute atomic E-state index is 0. The molecular formula is C15H26ClN3O3. The lowest BCUT2D eigenvalue weighted by Crippen LogP contribution is -2.35. The summed E-state index contributed by atoms with van der Waals surface area (Å²) in [5, 5.41) is 2.86. The first-order valence-corrected chi connectivity index (χ1v) is 7.13. The Hall–Kier alpha value is -1.34. The lowest BCUT2D eigenvalue weighted by Gasteiger charge is -2.19. The van der Waals surface area contributed by atoms with Crippen LogP contribution in [-0.2, 0) is 9.53 Å². The molecule has 0 saturated carbocycles. The summed E-state index contributed by atoms with van der Waals surface area (Å²) >= 11 is 0. The number of carbonyl (C=O) groups is 1. The first-order chi connectivity index (χ1) is 10.2. The van der Waals surface area contributed by atoms with Gasteiger partial charge in [0.15, 0.2) is 0 Å². The van der Waals surface area contributed by atoms with Gasteiger partial charge in [-0.25, -0.2) is 0 Å². The number of methoxy groups -OCH3 is 1. The Morgan fingerprint density at radius 3 is 2.77 bits per heavy atom. The third-order valence-corrected chi connectivity index (χ3v) is 2.98. The van der Waals surface area contributed by atoms with Crippen LogP contribution in [-0.4, -0.2) is 57.3 Å². The Bertz CT molecular complexity index is 432. The van der Waals surface area contributed by atoms with Crippen molar-refractivity contribution in [2.24, 2.45) is 5.73 Å². The van der Waals surface area contributed by atoms with Gasteiger partial charge in [-0.15, -0.1) is 12.4 Å². The Labute approximate surface area is 138 Å². The first kappa shape index (κ1) is 20.7. The van der Waals surface area contributed by atoms with Gasteiger partial charge in [0.2, 0.25) is 5.91 Å². The van der Waals surface area contributed by atoms with Crippen molar-refractivity contribution in [1.29, 1.82) is 0 Å². The first-order valence-electron chi connectivity index (χ1n) is 7.13. The molecule has 0 bridgehead atoms. The molecule has 1 amide bonds. The number of anilines is 1. The smallest absolute Gasteiger partial charge is 0.238 e. The molecule has 0 aliphatic rings. The van der Waals surface area contributed by atoms with Gasteiger partial charge in [-0.1, -0.05) is 13.0 Å². The van der Waals surface area contributed by atoms with Crippen LogP contribution in [0.2, 0.25) is 0 Å². The van der Waals surface area contributed by atoms with Gasteiger partial charge in [0.1, 0.15) is 5.75 Å². The van der Waals surface area contributed by atoms with Crippen LogP contribution in [0.5, 0.6) is 5.75 Å². The van der Waals surface area contributed by atoms with Gasteiger partial charge in [0.25, 0.3) is 0 Å². The number of amides is 1. The van der Waals surface area contributed by atoms with Gasteiger partial charge in [-0.2, -0.15) is 0 Å². The summed E-state index contributed by atoms with van der Waals surface area (Å²) in [4.78, 5) is 14.0. The van der Waals surface area contributed by atoms with Gasteiger partial charge in [-0.3, -0.25) is 9.69 Å². The van der Waals surface area contributed by atoms with Crippen molar-refractivity contribution in [3.63, 3.8) is 0 Å². The van der Waals surface area contributed by atoms with E-state index in [-0.39, 0.29) is 18.3 Å². The van der Waals surface area contributed by atoms with E-state index in [4.69, 9.17) is 15.2 Å². The number of hydrogen-bond donors (Lipinski definition) is 2. The number of rotatable bonds is 10. The molecule has 0 aliphatic heterocycles. The van der Waals surface area contributed by atoms with Gasteiger partial charge in [0.05, 0.1) is 26.9 Å². The fourth-order valence-electron chi connectivity index (χ4n) is 1.83. The summed E-state index contributed by atoms with van der Waals surface area (Å²) in [5.74, 6) is 0.666.